The molecule has 1 aliphatic heterocycles. The molecule has 134 valence electrons. The molecule has 5 nitrogen and oxygen atoms in total. The molecule has 0 aliphatic carbocycles. The molecule has 0 bridgehead atoms. The number of hydrogen-bond donors (Lipinski definition) is 2. The molecule has 1 heterocycles. The van der Waals surface area contributed by atoms with Crippen LogP contribution in [0.25, 0.3) is 0 Å². The van der Waals surface area contributed by atoms with Gasteiger partial charge >= 0.3 is 6.18 Å². The van der Waals surface area contributed by atoms with Crippen molar-refractivity contribution in [2.45, 2.75) is 12.6 Å². The van der Waals surface area contributed by atoms with E-state index in [0.29, 0.717) is 13.1 Å². The van der Waals surface area contributed by atoms with Crippen LogP contribution in [0.4, 0.5) is 18.9 Å². The Bertz CT molecular complexity index is 629. The smallest absolute Gasteiger partial charge is 0.369 e. The van der Waals surface area contributed by atoms with Gasteiger partial charge in [0.2, 0.25) is 5.96 Å². The van der Waals surface area contributed by atoms with E-state index in [-0.39, 0.29) is 42.4 Å². The molecule has 0 fully saturated rings. The Morgan fingerprint density at radius 1 is 1.12 bits per heavy atom. The number of aliphatic imine (C=N–C) groups is 2. The van der Waals surface area contributed by atoms with Gasteiger partial charge < -0.3 is 16.4 Å². The van der Waals surface area contributed by atoms with Crippen LogP contribution < -0.4 is 11.5 Å². The van der Waals surface area contributed by atoms with Gasteiger partial charge in [-0.1, -0.05) is 18.2 Å². The van der Waals surface area contributed by atoms with Crippen molar-refractivity contribution in [1.82, 2.24) is 4.90 Å². The van der Waals surface area contributed by atoms with E-state index < -0.39 is 11.7 Å². The number of guanidine groups is 2. The summed E-state index contributed by atoms with van der Waals surface area (Å²) in [6.45, 7) is 1.33. The number of benzene rings is 1. The van der Waals surface area contributed by atoms with Crippen LogP contribution in [0.15, 0.2) is 46.4 Å². The Kier molecular flexibility index (Phi) is 8.63. The molecule has 0 atom stereocenters. The molecule has 0 spiro atoms. The number of halogens is 5. The monoisotopic (exact) mass is 383 g/mol. The molecule has 0 saturated heterocycles. The zero-order chi connectivity index (χ0) is 16.2. The van der Waals surface area contributed by atoms with E-state index in [4.69, 9.17) is 11.5 Å². The summed E-state index contributed by atoms with van der Waals surface area (Å²) in [7, 11) is 0. The fourth-order valence-corrected chi connectivity index (χ4v) is 1.95. The number of alkyl halides is 3. The van der Waals surface area contributed by atoms with Crippen LogP contribution >= 0.6 is 24.8 Å². The average Bonchev–Trinajstić information content (AvgIpc) is 2.47. The molecule has 1 aromatic carbocycles. The number of nitrogens with two attached hydrogens (primary N) is 2. The third-order valence-electron chi connectivity index (χ3n) is 3.03. The van der Waals surface area contributed by atoms with E-state index in [1.54, 1.807) is 4.90 Å². The third kappa shape index (κ3) is 6.29. The number of rotatable bonds is 1. The van der Waals surface area contributed by atoms with Gasteiger partial charge in [-0.15, -0.1) is 24.8 Å². The summed E-state index contributed by atoms with van der Waals surface area (Å²) in [6, 6.07) is 4.55. The van der Waals surface area contributed by atoms with Gasteiger partial charge in [0.05, 0.1) is 11.3 Å². The van der Waals surface area contributed by atoms with E-state index >= 15 is 0 Å². The summed E-state index contributed by atoms with van der Waals surface area (Å²) < 4.78 is 37.9. The maximum atomic E-state index is 12.6. The van der Waals surface area contributed by atoms with Crippen LogP contribution in [0.5, 0.6) is 0 Å². The lowest BCUT2D eigenvalue weighted by molar-refractivity contribution is -0.137. The first-order valence-corrected chi connectivity index (χ1v) is 6.62. The van der Waals surface area contributed by atoms with Gasteiger partial charge in [0.1, 0.15) is 0 Å². The molecule has 10 heteroatoms. The van der Waals surface area contributed by atoms with E-state index in [9.17, 15) is 13.2 Å². The first-order valence-electron chi connectivity index (χ1n) is 6.62. The largest absolute Gasteiger partial charge is 0.416 e. The SMILES string of the molecule is Cl.Cl.NC(=Nc1cccc(C(F)(F)F)c1)/N=C(/N)N1CC=CCC1. The highest BCUT2D eigenvalue weighted by atomic mass is 35.5. The fraction of sp³-hybridized carbons (Fsp3) is 0.286. The summed E-state index contributed by atoms with van der Waals surface area (Å²) in [4.78, 5) is 9.57. The Morgan fingerprint density at radius 2 is 1.83 bits per heavy atom. The predicted octanol–water partition coefficient (Wildman–Crippen LogP) is 3.07. The molecule has 24 heavy (non-hydrogen) atoms. The summed E-state index contributed by atoms with van der Waals surface area (Å²) in [5.74, 6) is 0.00366. The van der Waals surface area contributed by atoms with E-state index in [0.717, 1.165) is 18.6 Å². The topological polar surface area (TPSA) is 80.0 Å². The first kappa shape index (κ1) is 22.1. The lowest BCUT2D eigenvalue weighted by atomic mass is 10.2. The van der Waals surface area contributed by atoms with Gasteiger partial charge in [0, 0.05) is 13.1 Å². The standard InChI is InChI=1S/C14H16F3N5.2ClH/c15-14(16,17)10-5-4-6-11(9-10)20-12(18)21-13(19)22-7-2-1-3-8-22;;/h1-2,4-6,9H,3,7-8H2,(H4,18,19,20,21);2*1H. The molecule has 0 saturated carbocycles. The second kappa shape index (κ2) is 9.39. The molecule has 0 radical (unpaired) electrons. The van der Waals surface area contributed by atoms with Crippen molar-refractivity contribution in [3.05, 3.63) is 42.0 Å². The highest BCUT2D eigenvalue weighted by molar-refractivity contribution is 5.94. The van der Waals surface area contributed by atoms with Gasteiger partial charge in [-0.05, 0) is 24.6 Å². The van der Waals surface area contributed by atoms with Gasteiger partial charge in [-0.2, -0.15) is 18.2 Å². The van der Waals surface area contributed by atoms with Crippen LogP contribution in [0.1, 0.15) is 12.0 Å². The maximum Gasteiger partial charge on any atom is 0.416 e. The first-order chi connectivity index (χ1) is 10.4. The van der Waals surface area contributed by atoms with Crippen molar-refractivity contribution in [2.24, 2.45) is 21.5 Å². The zero-order valence-electron chi connectivity index (χ0n) is 12.5. The van der Waals surface area contributed by atoms with Crippen LogP contribution in [0.3, 0.4) is 0 Å². The van der Waals surface area contributed by atoms with Crippen molar-refractivity contribution in [2.75, 3.05) is 13.1 Å². The Balaban J connectivity index is 0.00000264. The maximum absolute atomic E-state index is 12.6. The Labute approximate surface area is 150 Å². The van der Waals surface area contributed by atoms with Crippen molar-refractivity contribution in [3.8, 4) is 0 Å². The van der Waals surface area contributed by atoms with Crippen molar-refractivity contribution in [3.63, 3.8) is 0 Å². The second-order valence-electron chi connectivity index (χ2n) is 4.69. The van der Waals surface area contributed by atoms with E-state index in [2.05, 4.69) is 9.98 Å². The molecule has 1 aromatic rings. The molecule has 0 unspecified atom stereocenters. The van der Waals surface area contributed by atoms with Crippen molar-refractivity contribution >= 4 is 42.4 Å². The molecule has 0 amide bonds. The highest BCUT2D eigenvalue weighted by Gasteiger charge is 2.30. The van der Waals surface area contributed by atoms with Gasteiger partial charge in [-0.25, -0.2) is 4.99 Å². The predicted molar refractivity (Wildman–Crippen MR) is 94.2 cm³/mol. The Hall–Kier alpha value is -1.93. The summed E-state index contributed by atoms with van der Waals surface area (Å²) >= 11 is 0. The van der Waals surface area contributed by atoms with Crippen LogP contribution in [0.2, 0.25) is 0 Å². The molecule has 1 aliphatic rings. The minimum atomic E-state index is -4.43. The average molecular weight is 384 g/mol. The Morgan fingerprint density at radius 3 is 2.42 bits per heavy atom. The van der Waals surface area contributed by atoms with Crippen LogP contribution in [-0.2, 0) is 6.18 Å². The molecule has 4 N–H and O–H groups in total. The van der Waals surface area contributed by atoms with Crippen LogP contribution in [0, 0.1) is 0 Å². The summed E-state index contributed by atoms with van der Waals surface area (Å²) in [6.07, 6.45) is 0.402. The minimum Gasteiger partial charge on any atom is -0.369 e. The summed E-state index contributed by atoms with van der Waals surface area (Å²) in [5, 5.41) is 0. The van der Waals surface area contributed by atoms with E-state index in [1.807, 2.05) is 12.2 Å². The molecular formula is C14H18Cl2F3N5. The summed E-state index contributed by atoms with van der Waals surface area (Å²) in [5.41, 5.74) is 10.7. The van der Waals surface area contributed by atoms with Crippen molar-refractivity contribution < 1.29 is 13.2 Å². The highest BCUT2D eigenvalue weighted by Crippen LogP contribution is 2.31. The normalized spacial score (nSPS) is 15.5. The molecule has 2 rings (SSSR count). The van der Waals surface area contributed by atoms with Gasteiger partial charge in [-0.3, -0.25) is 0 Å². The second-order valence-corrected chi connectivity index (χ2v) is 4.69. The molecule has 0 aromatic heterocycles. The lowest BCUT2D eigenvalue weighted by Gasteiger charge is -2.23. The van der Waals surface area contributed by atoms with Crippen molar-refractivity contribution in [1.29, 1.82) is 0 Å². The zero-order valence-corrected chi connectivity index (χ0v) is 14.2. The van der Waals surface area contributed by atoms with E-state index in [1.165, 1.54) is 12.1 Å². The van der Waals surface area contributed by atoms with Crippen LogP contribution in [-0.4, -0.2) is 29.9 Å². The lowest BCUT2D eigenvalue weighted by Crippen LogP contribution is -2.40. The number of hydrogen-bond acceptors (Lipinski definition) is 1. The molecular weight excluding hydrogens is 366 g/mol. The minimum absolute atomic E-state index is 0. The number of nitrogens with zero attached hydrogens (tertiary/aromatic N) is 3. The third-order valence-corrected chi connectivity index (χ3v) is 3.03. The van der Waals surface area contributed by atoms with Gasteiger partial charge in [0.25, 0.3) is 0 Å². The quantitative estimate of drug-likeness (QED) is 0.444. The fourth-order valence-electron chi connectivity index (χ4n) is 1.95. The van der Waals surface area contributed by atoms with Gasteiger partial charge in [0.15, 0.2) is 5.96 Å².